The van der Waals surface area contributed by atoms with Crippen LogP contribution in [0.1, 0.15) is 5.69 Å². The van der Waals surface area contributed by atoms with Crippen molar-refractivity contribution in [3.05, 3.63) is 48.8 Å². The van der Waals surface area contributed by atoms with Crippen molar-refractivity contribution in [3.8, 4) is 34.3 Å². The van der Waals surface area contributed by atoms with E-state index in [-0.39, 0.29) is 6.04 Å². The van der Waals surface area contributed by atoms with Crippen molar-refractivity contribution in [1.29, 1.82) is 0 Å². The van der Waals surface area contributed by atoms with E-state index in [1.54, 1.807) is 24.8 Å². The van der Waals surface area contributed by atoms with E-state index in [0.29, 0.717) is 34.1 Å². The molecular formula is C23H20N12. The van der Waals surface area contributed by atoms with Crippen LogP contribution in [0.15, 0.2) is 43.1 Å². The molecule has 6 aromatic heterocycles. The third kappa shape index (κ3) is 3.22. The number of fused-ring (bicyclic) bond motifs is 2. The SMILES string of the molecule is Cc1c[nH]c(-c2ccnc3[nH]c(-c4n[nH]c5cnc(-c6cncc(N7CC(N)C7)n6)cc45)nc23)n1. The zero-order chi connectivity index (χ0) is 23.5. The number of nitrogens with two attached hydrogens (primary N) is 1. The summed E-state index contributed by atoms with van der Waals surface area (Å²) in [5, 5.41) is 8.42. The number of aryl methyl sites for hydroxylation is 1. The summed E-state index contributed by atoms with van der Waals surface area (Å²) in [5.74, 6) is 2.14. The van der Waals surface area contributed by atoms with Gasteiger partial charge in [0, 0.05) is 42.5 Å². The molecule has 12 heteroatoms. The van der Waals surface area contributed by atoms with Crippen LogP contribution in [0.3, 0.4) is 0 Å². The molecule has 0 aromatic carbocycles. The van der Waals surface area contributed by atoms with Crippen LogP contribution in [0.4, 0.5) is 5.82 Å². The van der Waals surface area contributed by atoms with Crippen LogP contribution in [0, 0.1) is 6.92 Å². The van der Waals surface area contributed by atoms with Gasteiger partial charge in [-0.15, -0.1) is 0 Å². The van der Waals surface area contributed by atoms with E-state index in [1.807, 2.05) is 25.3 Å². The Kier molecular flexibility index (Phi) is 4.17. The molecule has 6 aromatic rings. The first-order valence-corrected chi connectivity index (χ1v) is 11.2. The summed E-state index contributed by atoms with van der Waals surface area (Å²) in [7, 11) is 0. The first kappa shape index (κ1) is 19.7. The third-order valence-electron chi connectivity index (χ3n) is 6.14. The highest BCUT2D eigenvalue weighted by Crippen LogP contribution is 2.31. The van der Waals surface area contributed by atoms with Crippen molar-refractivity contribution in [3.63, 3.8) is 0 Å². The number of imidazole rings is 2. The molecule has 172 valence electrons. The largest absolute Gasteiger partial charge is 0.352 e. The van der Waals surface area contributed by atoms with E-state index in [1.165, 1.54) is 0 Å². The lowest BCUT2D eigenvalue weighted by Crippen LogP contribution is -2.56. The van der Waals surface area contributed by atoms with E-state index in [9.17, 15) is 0 Å². The summed E-state index contributed by atoms with van der Waals surface area (Å²) < 4.78 is 0. The highest BCUT2D eigenvalue weighted by molar-refractivity contribution is 5.96. The fourth-order valence-electron chi connectivity index (χ4n) is 4.33. The number of hydrogen-bond acceptors (Lipinski definition) is 9. The lowest BCUT2D eigenvalue weighted by atomic mass is 10.1. The quantitative estimate of drug-likeness (QED) is 0.306. The fourth-order valence-corrected chi connectivity index (χ4v) is 4.33. The highest BCUT2D eigenvalue weighted by atomic mass is 15.3. The Labute approximate surface area is 198 Å². The standard InChI is InChI=1S/C23H20N12/c1-11-5-28-21(29-11)13-2-3-26-22-19(13)31-23(32-22)20-14-4-15(27-7-16(14)33-34-20)17-6-25-8-18(30-17)35-9-12(24)10-35/h2-8,12H,9-10,24H2,1H3,(H,28,29)(H,33,34)(H,26,31,32). The van der Waals surface area contributed by atoms with Gasteiger partial charge in [-0.05, 0) is 19.1 Å². The maximum absolute atomic E-state index is 5.92. The molecule has 7 heterocycles. The van der Waals surface area contributed by atoms with Gasteiger partial charge in [0.05, 0.1) is 35.5 Å². The van der Waals surface area contributed by atoms with E-state index < -0.39 is 0 Å². The van der Waals surface area contributed by atoms with Crippen molar-refractivity contribution in [2.45, 2.75) is 13.0 Å². The monoisotopic (exact) mass is 464 g/mol. The van der Waals surface area contributed by atoms with Crippen molar-refractivity contribution in [1.82, 2.24) is 50.1 Å². The third-order valence-corrected chi connectivity index (χ3v) is 6.14. The van der Waals surface area contributed by atoms with Crippen LogP contribution in [0.25, 0.3) is 56.4 Å². The Bertz CT molecular complexity index is 1700. The first-order valence-electron chi connectivity index (χ1n) is 11.2. The molecule has 35 heavy (non-hydrogen) atoms. The van der Waals surface area contributed by atoms with Gasteiger partial charge >= 0.3 is 0 Å². The number of nitrogens with zero attached hydrogens (tertiary/aromatic N) is 8. The molecule has 0 aliphatic carbocycles. The minimum Gasteiger partial charge on any atom is -0.352 e. The summed E-state index contributed by atoms with van der Waals surface area (Å²) in [5.41, 5.74) is 11.9. The number of aromatic amines is 3. The predicted octanol–water partition coefficient (Wildman–Crippen LogP) is 2.20. The van der Waals surface area contributed by atoms with Gasteiger partial charge in [0.15, 0.2) is 11.5 Å². The maximum atomic E-state index is 5.92. The molecule has 0 radical (unpaired) electrons. The number of anilines is 1. The van der Waals surface area contributed by atoms with E-state index >= 15 is 0 Å². The second-order valence-corrected chi connectivity index (χ2v) is 8.65. The second-order valence-electron chi connectivity index (χ2n) is 8.65. The minimum absolute atomic E-state index is 0.180. The van der Waals surface area contributed by atoms with E-state index in [2.05, 4.69) is 45.0 Å². The van der Waals surface area contributed by atoms with Gasteiger partial charge in [-0.25, -0.2) is 19.9 Å². The fraction of sp³-hybridized carbons (Fsp3) is 0.174. The molecule has 1 fully saturated rings. The number of pyridine rings is 2. The van der Waals surface area contributed by atoms with Crippen LogP contribution < -0.4 is 10.6 Å². The topological polar surface area (TPSA) is 167 Å². The van der Waals surface area contributed by atoms with Crippen LogP contribution in [0.5, 0.6) is 0 Å². The number of H-pyrrole nitrogens is 3. The molecule has 5 N–H and O–H groups in total. The normalized spacial score (nSPS) is 14.2. The summed E-state index contributed by atoms with van der Waals surface area (Å²) in [6.07, 6.45) is 8.79. The summed E-state index contributed by atoms with van der Waals surface area (Å²) in [6, 6.07) is 4.02. The van der Waals surface area contributed by atoms with Gasteiger partial charge in [0.1, 0.15) is 28.5 Å². The van der Waals surface area contributed by atoms with Crippen LogP contribution in [-0.2, 0) is 0 Å². The van der Waals surface area contributed by atoms with Gasteiger partial charge in [-0.2, -0.15) is 5.10 Å². The molecule has 0 unspecified atom stereocenters. The number of nitrogens with one attached hydrogen (secondary N) is 3. The van der Waals surface area contributed by atoms with Gasteiger partial charge in [0.25, 0.3) is 0 Å². The predicted molar refractivity (Wildman–Crippen MR) is 130 cm³/mol. The lowest BCUT2D eigenvalue weighted by Gasteiger charge is -2.37. The molecular weight excluding hydrogens is 444 g/mol. The average molecular weight is 464 g/mol. The van der Waals surface area contributed by atoms with E-state index in [0.717, 1.165) is 46.9 Å². The van der Waals surface area contributed by atoms with Crippen molar-refractivity contribution in [2.24, 2.45) is 5.73 Å². The molecule has 0 atom stereocenters. The van der Waals surface area contributed by atoms with Crippen molar-refractivity contribution < 1.29 is 0 Å². The number of hydrogen-bond donors (Lipinski definition) is 4. The van der Waals surface area contributed by atoms with Crippen molar-refractivity contribution >= 4 is 27.9 Å². The average Bonchev–Trinajstić information content (AvgIpc) is 3.59. The Morgan fingerprint density at radius 1 is 1.03 bits per heavy atom. The highest BCUT2D eigenvalue weighted by Gasteiger charge is 2.25. The molecule has 0 spiro atoms. The molecule has 7 rings (SSSR count). The zero-order valence-corrected chi connectivity index (χ0v) is 18.7. The van der Waals surface area contributed by atoms with Crippen LogP contribution in [0.2, 0.25) is 0 Å². The van der Waals surface area contributed by atoms with Crippen molar-refractivity contribution in [2.75, 3.05) is 18.0 Å². The van der Waals surface area contributed by atoms with Crippen LogP contribution >= 0.6 is 0 Å². The Hall–Kier alpha value is -4.71. The van der Waals surface area contributed by atoms with Crippen LogP contribution in [-0.4, -0.2) is 69.2 Å². The molecule has 1 saturated heterocycles. The first-order chi connectivity index (χ1) is 17.1. The molecule has 1 aliphatic rings. The second kappa shape index (κ2) is 7.40. The maximum Gasteiger partial charge on any atom is 0.160 e. The summed E-state index contributed by atoms with van der Waals surface area (Å²) in [6.45, 7) is 3.49. The van der Waals surface area contributed by atoms with Gasteiger partial charge in [-0.1, -0.05) is 0 Å². The zero-order valence-electron chi connectivity index (χ0n) is 18.7. The minimum atomic E-state index is 0.180. The number of aromatic nitrogens is 10. The molecule has 0 amide bonds. The van der Waals surface area contributed by atoms with Gasteiger partial charge in [0.2, 0.25) is 0 Å². The van der Waals surface area contributed by atoms with Gasteiger partial charge in [-0.3, -0.25) is 15.1 Å². The molecule has 12 nitrogen and oxygen atoms in total. The smallest absolute Gasteiger partial charge is 0.160 e. The van der Waals surface area contributed by atoms with E-state index in [4.69, 9.17) is 15.7 Å². The number of rotatable bonds is 4. The molecule has 0 saturated carbocycles. The molecule has 0 bridgehead atoms. The summed E-state index contributed by atoms with van der Waals surface area (Å²) >= 11 is 0. The lowest BCUT2D eigenvalue weighted by molar-refractivity contribution is 0.514. The summed E-state index contributed by atoms with van der Waals surface area (Å²) in [4.78, 5) is 36.1. The van der Waals surface area contributed by atoms with Gasteiger partial charge < -0.3 is 20.6 Å². The molecule has 1 aliphatic heterocycles. The Morgan fingerprint density at radius 2 is 1.94 bits per heavy atom. The Morgan fingerprint density at radius 3 is 2.77 bits per heavy atom. The Balaban J connectivity index is 1.31.